The summed E-state index contributed by atoms with van der Waals surface area (Å²) >= 11 is 0. The van der Waals surface area contributed by atoms with E-state index >= 15 is 0 Å². The van der Waals surface area contributed by atoms with Gasteiger partial charge in [0.1, 0.15) is 5.78 Å². The summed E-state index contributed by atoms with van der Waals surface area (Å²) in [7, 11) is 0. The highest BCUT2D eigenvalue weighted by molar-refractivity contribution is 5.79. The summed E-state index contributed by atoms with van der Waals surface area (Å²) in [5.74, 6) is 1.25. The number of rotatable bonds is 0. The van der Waals surface area contributed by atoms with Gasteiger partial charge in [0.25, 0.3) is 0 Å². The van der Waals surface area contributed by atoms with E-state index in [0.29, 0.717) is 11.2 Å². The molecule has 1 heteroatoms. The van der Waals surface area contributed by atoms with Gasteiger partial charge in [0, 0.05) is 12.8 Å². The van der Waals surface area contributed by atoms with E-state index < -0.39 is 0 Å². The SMILES string of the molecule is C[C@]12CCC[C@@H]1CC(=O)CC2. The molecule has 11 heavy (non-hydrogen) atoms. The van der Waals surface area contributed by atoms with Gasteiger partial charge < -0.3 is 0 Å². The number of Topliss-reactive ketones (excluding diaryl/α,β-unsaturated/α-hetero) is 1. The lowest BCUT2D eigenvalue weighted by atomic mass is 9.69. The Balaban J connectivity index is 2.14. The predicted octanol–water partition coefficient (Wildman–Crippen LogP) is 2.55. The van der Waals surface area contributed by atoms with Crippen molar-refractivity contribution >= 4 is 5.78 Å². The molecule has 0 bridgehead atoms. The molecule has 1 nitrogen and oxygen atoms in total. The molecular weight excluding hydrogens is 136 g/mol. The first-order chi connectivity index (χ1) is 5.21. The zero-order valence-corrected chi connectivity index (χ0v) is 7.23. The first kappa shape index (κ1) is 7.33. The van der Waals surface area contributed by atoms with E-state index in [0.717, 1.165) is 25.2 Å². The smallest absolute Gasteiger partial charge is 0.133 e. The van der Waals surface area contributed by atoms with Crippen molar-refractivity contribution in [3.63, 3.8) is 0 Å². The van der Waals surface area contributed by atoms with Gasteiger partial charge in [-0.1, -0.05) is 13.3 Å². The van der Waals surface area contributed by atoms with Crippen molar-refractivity contribution in [2.45, 2.75) is 45.4 Å². The molecule has 0 spiro atoms. The van der Waals surface area contributed by atoms with Crippen LogP contribution in [-0.4, -0.2) is 5.78 Å². The van der Waals surface area contributed by atoms with Crippen LogP contribution >= 0.6 is 0 Å². The summed E-state index contributed by atoms with van der Waals surface area (Å²) in [6.07, 6.45) is 6.93. The molecule has 0 unspecified atom stereocenters. The molecule has 2 aliphatic rings. The van der Waals surface area contributed by atoms with Crippen LogP contribution in [0.25, 0.3) is 0 Å². The minimum atomic E-state index is 0.509. The molecule has 0 radical (unpaired) electrons. The number of carbonyl (C=O) groups excluding carboxylic acids is 1. The summed E-state index contributed by atoms with van der Waals surface area (Å²) in [5, 5.41) is 0. The van der Waals surface area contributed by atoms with Crippen LogP contribution < -0.4 is 0 Å². The van der Waals surface area contributed by atoms with Gasteiger partial charge in [0.15, 0.2) is 0 Å². The van der Waals surface area contributed by atoms with Gasteiger partial charge in [-0.15, -0.1) is 0 Å². The van der Waals surface area contributed by atoms with Crippen molar-refractivity contribution < 1.29 is 4.79 Å². The third-order valence-corrected chi connectivity index (χ3v) is 3.74. The molecule has 0 saturated heterocycles. The second-order valence-corrected chi connectivity index (χ2v) is 4.49. The van der Waals surface area contributed by atoms with E-state index in [4.69, 9.17) is 0 Å². The molecule has 2 aliphatic carbocycles. The van der Waals surface area contributed by atoms with E-state index in [1.54, 1.807) is 0 Å². The molecule has 2 fully saturated rings. The van der Waals surface area contributed by atoms with Crippen molar-refractivity contribution in [1.29, 1.82) is 0 Å². The van der Waals surface area contributed by atoms with E-state index in [1.807, 2.05) is 0 Å². The lowest BCUT2D eigenvalue weighted by molar-refractivity contribution is -0.124. The van der Waals surface area contributed by atoms with Crippen molar-refractivity contribution in [3.8, 4) is 0 Å². The lowest BCUT2D eigenvalue weighted by Crippen LogP contribution is -2.29. The number of fused-ring (bicyclic) bond motifs is 1. The Hall–Kier alpha value is -0.330. The van der Waals surface area contributed by atoms with Crippen LogP contribution in [0.1, 0.15) is 45.4 Å². The van der Waals surface area contributed by atoms with Gasteiger partial charge >= 0.3 is 0 Å². The summed E-state index contributed by atoms with van der Waals surface area (Å²) in [4.78, 5) is 11.1. The fourth-order valence-electron chi connectivity index (χ4n) is 2.78. The Kier molecular flexibility index (Phi) is 1.55. The minimum Gasteiger partial charge on any atom is -0.300 e. The molecule has 0 N–H and O–H groups in total. The Morgan fingerprint density at radius 2 is 2.27 bits per heavy atom. The van der Waals surface area contributed by atoms with Crippen LogP contribution in [0, 0.1) is 11.3 Å². The highest BCUT2D eigenvalue weighted by Crippen LogP contribution is 2.50. The molecule has 2 saturated carbocycles. The van der Waals surface area contributed by atoms with Gasteiger partial charge in [0.05, 0.1) is 0 Å². The van der Waals surface area contributed by atoms with Crippen LogP contribution in [0.3, 0.4) is 0 Å². The van der Waals surface area contributed by atoms with E-state index in [2.05, 4.69) is 6.92 Å². The first-order valence-electron chi connectivity index (χ1n) is 4.72. The van der Waals surface area contributed by atoms with Crippen LogP contribution in [0.15, 0.2) is 0 Å². The standard InChI is InChI=1S/C10H16O/c1-10-5-2-3-8(10)7-9(11)4-6-10/h8H,2-7H2,1H3/t8-,10-/m1/s1. The second kappa shape index (κ2) is 2.33. The number of carbonyl (C=O) groups is 1. The van der Waals surface area contributed by atoms with Crippen molar-refractivity contribution in [1.82, 2.24) is 0 Å². The third kappa shape index (κ3) is 1.11. The molecule has 62 valence electrons. The van der Waals surface area contributed by atoms with Crippen LogP contribution in [0.2, 0.25) is 0 Å². The van der Waals surface area contributed by atoms with Gasteiger partial charge in [-0.2, -0.15) is 0 Å². The molecule has 0 aromatic carbocycles. The Labute approximate surface area is 68.2 Å². The molecule has 0 aliphatic heterocycles. The molecule has 2 atom stereocenters. The summed E-state index contributed by atoms with van der Waals surface area (Å²) in [6, 6.07) is 0. The predicted molar refractivity (Wildman–Crippen MR) is 44.3 cm³/mol. The van der Waals surface area contributed by atoms with Gasteiger partial charge in [-0.05, 0) is 30.6 Å². The van der Waals surface area contributed by atoms with Crippen molar-refractivity contribution in [2.75, 3.05) is 0 Å². The molecule has 2 rings (SSSR count). The molecule has 0 aromatic heterocycles. The zero-order valence-electron chi connectivity index (χ0n) is 7.23. The Morgan fingerprint density at radius 1 is 1.45 bits per heavy atom. The Morgan fingerprint density at radius 3 is 3.09 bits per heavy atom. The van der Waals surface area contributed by atoms with E-state index in [9.17, 15) is 4.79 Å². The van der Waals surface area contributed by atoms with E-state index in [-0.39, 0.29) is 0 Å². The fourth-order valence-corrected chi connectivity index (χ4v) is 2.78. The van der Waals surface area contributed by atoms with Crippen LogP contribution in [-0.2, 0) is 4.79 Å². The average molecular weight is 152 g/mol. The highest BCUT2D eigenvalue weighted by atomic mass is 16.1. The maximum atomic E-state index is 11.1. The number of hydrogen-bond donors (Lipinski definition) is 0. The van der Waals surface area contributed by atoms with Gasteiger partial charge in [0.2, 0.25) is 0 Å². The average Bonchev–Trinajstić information content (AvgIpc) is 2.31. The van der Waals surface area contributed by atoms with Crippen molar-refractivity contribution in [2.24, 2.45) is 11.3 Å². The summed E-state index contributed by atoms with van der Waals surface area (Å²) in [6.45, 7) is 2.37. The fraction of sp³-hybridized carbons (Fsp3) is 0.900. The van der Waals surface area contributed by atoms with Crippen molar-refractivity contribution in [3.05, 3.63) is 0 Å². The number of ketones is 1. The maximum absolute atomic E-state index is 11.1. The third-order valence-electron chi connectivity index (χ3n) is 3.74. The summed E-state index contributed by atoms with van der Waals surface area (Å²) in [5.41, 5.74) is 0.550. The van der Waals surface area contributed by atoms with Crippen LogP contribution in [0.4, 0.5) is 0 Å². The minimum absolute atomic E-state index is 0.509. The first-order valence-corrected chi connectivity index (χ1v) is 4.72. The Bertz CT molecular complexity index is 185. The second-order valence-electron chi connectivity index (χ2n) is 4.49. The molecular formula is C10H16O. The topological polar surface area (TPSA) is 17.1 Å². The quantitative estimate of drug-likeness (QED) is 0.521. The number of hydrogen-bond acceptors (Lipinski definition) is 1. The van der Waals surface area contributed by atoms with Gasteiger partial charge in [-0.3, -0.25) is 4.79 Å². The largest absolute Gasteiger partial charge is 0.300 e. The van der Waals surface area contributed by atoms with E-state index in [1.165, 1.54) is 19.3 Å². The zero-order chi connectivity index (χ0) is 7.90. The lowest BCUT2D eigenvalue weighted by Gasteiger charge is -2.35. The molecule has 0 aromatic rings. The normalized spacial score (nSPS) is 44.1. The molecule has 0 heterocycles. The van der Waals surface area contributed by atoms with Gasteiger partial charge in [-0.25, -0.2) is 0 Å². The van der Waals surface area contributed by atoms with Crippen LogP contribution in [0.5, 0.6) is 0 Å². The summed E-state index contributed by atoms with van der Waals surface area (Å²) < 4.78 is 0. The molecule has 0 amide bonds. The monoisotopic (exact) mass is 152 g/mol. The highest BCUT2D eigenvalue weighted by Gasteiger charge is 2.42. The maximum Gasteiger partial charge on any atom is 0.133 e.